The molecule has 4 rings (SSSR count). The van der Waals surface area contributed by atoms with Crippen molar-refractivity contribution in [3.05, 3.63) is 59.5 Å². The van der Waals surface area contributed by atoms with Crippen LogP contribution < -0.4 is 0 Å². The molecule has 0 radical (unpaired) electrons. The first-order valence-electron chi connectivity index (χ1n) is 13.1. The van der Waals surface area contributed by atoms with Crippen LogP contribution in [0.1, 0.15) is 89.7 Å². The van der Waals surface area contributed by atoms with E-state index >= 15 is 0 Å². The van der Waals surface area contributed by atoms with Crippen LogP contribution in [-0.2, 0) is 6.42 Å². The molecule has 0 aliphatic heterocycles. The molecule has 0 unspecified atom stereocenters. The van der Waals surface area contributed by atoms with Crippen LogP contribution in [0.3, 0.4) is 0 Å². The van der Waals surface area contributed by atoms with Crippen LogP contribution in [0.5, 0.6) is 0 Å². The quantitative estimate of drug-likeness (QED) is 0.117. The zero-order valence-corrected chi connectivity index (χ0v) is 34.8. The van der Waals surface area contributed by atoms with E-state index in [0.717, 1.165) is 6.42 Å². The topological polar surface area (TPSA) is 0 Å². The van der Waals surface area contributed by atoms with Gasteiger partial charge >= 0.3 is 0 Å². The van der Waals surface area contributed by atoms with Gasteiger partial charge in [0.1, 0.15) is 0 Å². The Morgan fingerprint density at radius 2 is 1.00 bits per heavy atom. The fraction of sp³-hybridized carbons (Fsp3) is 0.467. The summed E-state index contributed by atoms with van der Waals surface area (Å²) in [5.74, 6) is 0. The lowest BCUT2D eigenvalue weighted by Crippen LogP contribution is -1.87. The lowest BCUT2D eigenvalue weighted by Gasteiger charge is -2.04. The summed E-state index contributed by atoms with van der Waals surface area (Å²) in [4.78, 5) is 5.27. The molecule has 4 aromatic heterocycles. The molecule has 0 atom stereocenters. The van der Waals surface area contributed by atoms with Crippen molar-refractivity contribution in [3.63, 3.8) is 0 Å². The van der Waals surface area contributed by atoms with Crippen molar-refractivity contribution in [2.24, 2.45) is 0 Å². The van der Waals surface area contributed by atoms with Crippen LogP contribution in [0.25, 0.3) is 19.5 Å². The van der Waals surface area contributed by atoms with Crippen LogP contribution in [0.15, 0.2) is 48.4 Å². The second kappa shape index (κ2) is 19.9. The normalized spacial score (nSPS) is 10.9. The maximum atomic E-state index is 3.88. The molecular weight excluding hydrogens is 968 g/mol. The zero-order chi connectivity index (χ0) is 28.4. The Hall–Kier alpha value is 1.68. The van der Waals surface area contributed by atoms with Crippen molar-refractivity contribution in [2.45, 2.75) is 91.9 Å². The molecule has 10 heteroatoms. The third kappa shape index (κ3) is 11.6. The molecule has 0 amide bonds. The average Bonchev–Trinajstić information content (AvgIpc) is 3.66. The minimum atomic E-state index is 0. The Labute approximate surface area is 307 Å². The SMILES string of the molecule is Brc1ccc(-c2ccc(Br)s2)s1.C.CCCCCCCCCCCCc1c(Br)sc(-c2sc(Br)c(C)c2Br)c1Br. The minimum Gasteiger partial charge on any atom is -0.127 e. The highest BCUT2D eigenvalue weighted by Gasteiger charge is 2.21. The lowest BCUT2D eigenvalue weighted by molar-refractivity contribution is 0.556. The van der Waals surface area contributed by atoms with Gasteiger partial charge in [0.2, 0.25) is 0 Å². The van der Waals surface area contributed by atoms with Crippen molar-refractivity contribution in [3.8, 4) is 19.5 Å². The van der Waals surface area contributed by atoms with Gasteiger partial charge in [-0.05, 0) is 151 Å². The summed E-state index contributed by atoms with van der Waals surface area (Å²) >= 11 is 29.2. The van der Waals surface area contributed by atoms with Gasteiger partial charge < -0.3 is 0 Å². The molecule has 0 saturated heterocycles. The largest absolute Gasteiger partial charge is 0.127 e. The van der Waals surface area contributed by atoms with Gasteiger partial charge in [-0.25, -0.2) is 0 Å². The van der Waals surface area contributed by atoms with E-state index in [-0.39, 0.29) is 7.43 Å². The molecule has 4 heterocycles. The molecule has 0 aliphatic carbocycles. The van der Waals surface area contributed by atoms with Crippen molar-refractivity contribution >= 4 is 141 Å². The summed E-state index contributed by atoms with van der Waals surface area (Å²) in [6, 6.07) is 8.42. The summed E-state index contributed by atoms with van der Waals surface area (Å²) in [5, 5.41) is 0. The maximum Gasteiger partial charge on any atom is 0.0749 e. The molecule has 222 valence electrons. The van der Waals surface area contributed by atoms with E-state index in [1.54, 1.807) is 34.0 Å². The van der Waals surface area contributed by atoms with Gasteiger partial charge in [-0.2, -0.15) is 0 Å². The van der Waals surface area contributed by atoms with E-state index in [4.69, 9.17) is 0 Å². The van der Waals surface area contributed by atoms with E-state index in [1.807, 2.05) is 11.3 Å². The van der Waals surface area contributed by atoms with Crippen LogP contribution in [0, 0.1) is 6.92 Å². The number of rotatable bonds is 13. The Kier molecular flexibility index (Phi) is 18.9. The standard InChI is InChI=1S/C21H28Br4S2.C8H4Br2S2.CH4/c1-3-4-5-6-7-8-9-10-11-12-13-15-17(23)19(27-21(15)25)18-16(22)14(2)20(24)26-18;9-7-3-1-5(11-7)6-2-4-8(10)12-6;/h3-13H2,1-2H3;1-4H;1H4. The molecular formula is C30H36Br6S4. The van der Waals surface area contributed by atoms with Gasteiger partial charge in [0.25, 0.3) is 0 Å². The van der Waals surface area contributed by atoms with Crippen LogP contribution in [0.4, 0.5) is 0 Å². The number of hydrogen-bond donors (Lipinski definition) is 0. The number of thiophene rings is 4. The fourth-order valence-electron chi connectivity index (χ4n) is 4.07. The molecule has 0 nitrogen and oxygen atoms in total. The number of halogens is 6. The highest BCUT2D eigenvalue weighted by Crippen LogP contribution is 2.51. The average molecular weight is 1000 g/mol. The summed E-state index contributed by atoms with van der Waals surface area (Å²) in [6.07, 6.45) is 15.0. The van der Waals surface area contributed by atoms with Crippen LogP contribution in [0.2, 0.25) is 0 Å². The minimum absolute atomic E-state index is 0. The summed E-state index contributed by atoms with van der Waals surface area (Å²) in [7, 11) is 0. The highest BCUT2D eigenvalue weighted by atomic mass is 79.9. The maximum absolute atomic E-state index is 3.88. The van der Waals surface area contributed by atoms with Crippen LogP contribution >= 0.6 is 141 Å². The number of hydrogen-bond acceptors (Lipinski definition) is 4. The molecule has 0 aliphatic rings. The summed E-state index contributed by atoms with van der Waals surface area (Å²) < 4.78 is 7.32. The van der Waals surface area contributed by atoms with Crippen LogP contribution in [-0.4, -0.2) is 0 Å². The monoisotopic (exact) mass is 998 g/mol. The van der Waals surface area contributed by atoms with Gasteiger partial charge in [0.05, 0.1) is 24.9 Å². The number of unbranched alkanes of at least 4 members (excludes halogenated alkanes) is 9. The predicted octanol–water partition coefficient (Wildman–Crippen LogP) is 16.9. The Morgan fingerprint density at radius 3 is 1.43 bits per heavy atom. The third-order valence-electron chi connectivity index (χ3n) is 6.28. The molecule has 0 fully saturated rings. The predicted molar refractivity (Wildman–Crippen MR) is 208 cm³/mol. The molecule has 40 heavy (non-hydrogen) atoms. The summed E-state index contributed by atoms with van der Waals surface area (Å²) in [6.45, 7) is 4.43. The molecule has 4 aromatic rings. The van der Waals surface area contributed by atoms with Gasteiger partial charge in [0, 0.05) is 18.7 Å². The Bertz CT molecular complexity index is 1260. The van der Waals surface area contributed by atoms with Gasteiger partial charge in [-0.15, -0.1) is 45.3 Å². The van der Waals surface area contributed by atoms with E-state index < -0.39 is 0 Å². The molecule has 0 aromatic carbocycles. The first kappa shape index (κ1) is 37.9. The Morgan fingerprint density at radius 1 is 0.550 bits per heavy atom. The van der Waals surface area contributed by atoms with E-state index in [0.29, 0.717) is 0 Å². The van der Waals surface area contributed by atoms with Crippen molar-refractivity contribution in [1.82, 2.24) is 0 Å². The van der Waals surface area contributed by atoms with E-state index in [9.17, 15) is 0 Å². The summed E-state index contributed by atoms with van der Waals surface area (Å²) in [5.41, 5.74) is 2.71. The Balaban J connectivity index is 0.000000358. The van der Waals surface area contributed by atoms with E-state index in [1.165, 1.54) is 119 Å². The van der Waals surface area contributed by atoms with Gasteiger partial charge in [0.15, 0.2) is 0 Å². The second-order valence-electron chi connectivity index (χ2n) is 9.28. The van der Waals surface area contributed by atoms with E-state index in [2.05, 4.69) is 134 Å². The smallest absolute Gasteiger partial charge is 0.0749 e. The highest BCUT2D eigenvalue weighted by molar-refractivity contribution is 9.12. The molecule has 0 spiro atoms. The third-order valence-corrected chi connectivity index (χ3v) is 16.4. The van der Waals surface area contributed by atoms with Crippen molar-refractivity contribution in [2.75, 3.05) is 0 Å². The van der Waals surface area contributed by atoms with Crippen molar-refractivity contribution < 1.29 is 0 Å². The van der Waals surface area contributed by atoms with Crippen molar-refractivity contribution in [1.29, 1.82) is 0 Å². The zero-order valence-electron chi connectivity index (χ0n) is 22.0. The first-order valence-corrected chi connectivity index (χ1v) is 21.2. The van der Waals surface area contributed by atoms with Gasteiger partial charge in [-0.3, -0.25) is 0 Å². The molecule has 0 N–H and O–H groups in total. The second-order valence-corrected chi connectivity index (χ2v) is 20.5. The lowest BCUT2D eigenvalue weighted by atomic mass is 10.0. The van der Waals surface area contributed by atoms with Gasteiger partial charge in [-0.1, -0.05) is 72.1 Å². The first-order chi connectivity index (χ1) is 18.7. The fourth-order valence-corrected chi connectivity index (χ4v) is 13.1. The molecule has 0 bridgehead atoms. The molecule has 0 saturated carbocycles.